The van der Waals surface area contributed by atoms with Crippen molar-refractivity contribution in [2.45, 2.75) is 11.8 Å². The fourth-order valence-corrected chi connectivity index (χ4v) is 4.24. The normalized spacial score (nSPS) is 14.8. The maximum atomic E-state index is 12.8. The lowest BCUT2D eigenvalue weighted by Gasteiger charge is -2.26. The van der Waals surface area contributed by atoms with Crippen molar-refractivity contribution in [2.24, 2.45) is 0 Å². The molecule has 8 nitrogen and oxygen atoms in total. The molecule has 0 atom stereocenters. The number of morpholine rings is 1. The van der Waals surface area contributed by atoms with Crippen LogP contribution in [0.25, 0.3) is 0 Å². The van der Waals surface area contributed by atoms with Crippen LogP contribution in [0.5, 0.6) is 0 Å². The molecular formula is C20H26N2O6S. The van der Waals surface area contributed by atoms with Gasteiger partial charge in [-0.1, -0.05) is 18.2 Å². The van der Waals surface area contributed by atoms with Gasteiger partial charge in [-0.05, 0) is 24.6 Å². The maximum Gasteiger partial charge on any atom is 0.338 e. The first-order valence-electron chi connectivity index (χ1n) is 9.16. The highest BCUT2D eigenvalue weighted by Gasteiger charge is 2.27. The number of carbonyl (C=O) groups excluding carboxylic acids is 2. The van der Waals surface area contributed by atoms with Gasteiger partial charge in [-0.3, -0.25) is 4.79 Å². The second kappa shape index (κ2) is 10.3. The number of esters is 1. The van der Waals surface area contributed by atoms with Crippen molar-refractivity contribution >= 4 is 21.9 Å². The summed E-state index contributed by atoms with van der Waals surface area (Å²) in [6.45, 7) is 10.2. The van der Waals surface area contributed by atoms with E-state index in [9.17, 15) is 18.0 Å². The van der Waals surface area contributed by atoms with Crippen LogP contribution in [-0.4, -0.2) is 75.5 Å². The van der Waals surface area contributed by atoms with E-state index in [0.717, 1.165) is 0 Å². The average molecular weight is 423 g/mol. The van der Waals surface area contributed by atoms with Crippen molar-refractivity contribution in [1.29, 1.82) is 0 Å². The summed E-state index contributed by atoms with van der Waals surface area (Å²) in [4.78, 5) is 26.2. The van der Waals surface area contributed by atoms with Gasteiger partial charge in [0.2, 0.25) is 10.0 Å². The van der Waals surface area contributed by atoms with Crippen molar-refractivity contribution < 1.29 is 27.5 Å². The third-order valence-corrected chi connectivity index (χ3v) is 6.31. The molecule has 0 N–H and O–H groups in total. The molecule has 1 amide bonds. The Bertz CT molecular complexity index is 865. The number of ether oxygens (including phenoxy) is 2. The number of benzene rings is 1. The summed E-state index contributed by atoms with van der Waals surface area (Å²) in [5.41, 5.74) is 0.656. The molecule has 1 aromatic carbocycles. The van der Waals surface area contributed by atoms with E-state index in [-0.39, 0.29) is 23.5 Å². The van der Waals surface area contributed by atoms with Crippen LogP contribution in [0.2, 0.25) is 0 Å². The molecule has 9 heteroatoms. The van der Waals surface area contributed by atoms with Gasteiger partial charge in [0, 0.05) is 26.2 Å². The van der Waals surface area contributed by atoms with Crippen molar-refractivity contribution in [3.05, 3.63) is 54.6 Å². The van der Waals surface area contributed by atoms with Gasteiger partial charge in [0.15, 0.2) is 6.61 Å². The third kappa shape index (κ3) is 5.75. The molecule has 1 fully saturated rings. The highest BCUT2D eigenvalue weighted by Crippen LogP contribution is 2.21. The van der Waals surface area contributed by atoms with Gasteiger partial charge in [-0.25, -0.2) is 13.2 Å². The molecule has 0 unspecified atom stereocenters. The van der Waals surface area contributed by atoms with Crippen molar-refractivity contribution in [1.82, 2.24) is 9.21 Å². The Kier molecular flexibility index (Phi) is 8.12. The standard InChI is InChI=1S/C20H26N2O6S/c1-4-8-21(9-5-2)19(23)15-28-20(24)18-14-17(7-6-16(18)3)29(25,26)22-10-12-27-13-11-22/h4-7,14H,1-2,8-13,15H2,3H3. The lowest BCUT2D eigenvalue weighted by Crippen LogP contribution is -2.40. The van der Waals surface area contributed by atoms with Crippen LogP contribution in [0.1, 0.15) is 15.9 Å². The van der Waals surface area contributed by atoms with E-state index in [0.29, 0.717) is 31.9 Å². The van der Waals surface area contributed by atoms with Crippen LogP contribution in [-0.2, 0) is 24.3 Å². The summed E-state index contributed by atoms with van der Waals surface area (Å²) in [5.74, 6) is -1.15. The molecule has 0 radical (unpaired) electrons. The smallest absolute Gasteiger partial charge is 0.338 e. The van der Waals surface area contributed by atoms with Gasteiger partial charge in [0.1, 0.15) is 0 Å². The minimum atomic E-state index is -3.75. The fourth-order valence-electron chi connectivity index (χ4n) is 2.80. The van der Waals surface area contributed by atoms with E-state index in [4.69, 9.17) is 9.47 Å². The minimum absolute atomic E-state index is 0.00298. The van der Waals surface area contributed by atoms with Crippen LogP contribution in [0, 0.1) is 6.92 Å². The Balaban J connectivity index is 2.14. The molecule has 0 bridgehead atoms. The molecule has 1 heterocycles. The molecular weight excluding hydrogens is 396 g/mol. The minimum Gasteiger partial charge on any atom is -0.452 e. The lowest BCUT2D eigenvalue weighted by atomic mass is 10.1. The Labute approximate surface area is 171 Å². The summed E-state index contributed by atoms with van der Waals surface area (Å²) in [5, 5.41) is 0. The van der Waals surface area contributed by atoms with E-state index in [2.05, 4.69) is 13.2 Å². The van der Waals surface area contributed by atoms with Crippen LogP contribution in [0.3, 0.4) is 0 Å². The van der Waals surface area contributed by atoms with Gasteiger partial charge in [0.05, 0.1) is 23.7 Å². The number of hydrogen-bond donors (Lipinski definition) is 0. The highest BCUT2D eigenvalue weighted by atomic mass is 32.2. The number of carbonyl (C=O) groups is 2. The molecule has 0 spiro atoms. The van der Waals surface area contributed by atoms with Gasteiger partial charge < -0.3 is 14.4 Å². The van der Waals surface area contributed by atoms with Gasteiger partial charge >= 0.3 is 5.97 Å². The SMILES string of the molecule is C=CCN(CC=C)C(=O)COC(=O)c1cc(S(=O)(=O)N2CCOCC2)ccc1C. The van der Waals surface area contributed by atoms with Crippen molar-refractivity contribution in [3.8, 4) is 0 Å². The molecule has 0 aromatic heterocycles. The van der Waals surface area contributed by atoms with Crippen LogP contribution in [0.4, 0.5) is 0 Å². The second-order valence-corrected chi connectivity index (χ2v) is 8.38. The first kappa shape index (κ1) is 22.8. The number of amides is 1. The predicted octanol–water partition coefficient (Wildman–Crippen LogP) is 1.37. The monoisotopic (exact) mass is 422 g/mol. The summed E-state index contributed by atoms with van der Waals surface area (Å²) >= 11 is 0. The topological polar surface area (TPSA) is 93.2 Å². The molecule has 1 saturated heterocycles. The summed E-state index contributed by atoms with van der Waals surface area (Å²) in [7, 11) is -3.75. The van der Waals surface area contributed by atoms with Gasteiger partial charge in [-0.15, -0.1) is 13.2 Å². The number of aryl methyl sites for hydroxylation is 1. The summed E-state index contributed by atoms with van der Waals surface area (Å²) < 4.78 is 37.3. The van der Waals surface area contributed by atoms with E-state index >= 15 is 0 Å². The number of hydrogen-bond acceptors (Lipinski definition) is 6. The van der Waals surface area contributed by atoms with Crippen LogP contribution < -0.4 is 0 Å². The molecule has 0 aliphatic carbocycles. The number of rotatable bonds is 9. The Hall–Kier alpha value is -2.49. The van der Waals surface area contributed by atoms with E-state index in [1.54, 1.807) is 25.1 Å². The number of nitrogens with zero attached hydrogens (tertiary/aromatic N) is 2. The summed E-state index contributed by atoms with van der Waals surface area (Å²) in [6.07, 6.45) is 3.13. The van der Waals surface area contributed by atoms with Gasteiger partial charge in [0.25, 0.3) is 5.91 Å². The predicted molar refractivity (Wildman–Crippen MR) is 108 cm³/mol. The quantitative estimate of drug-likeness (QED) is 0.441. The first-order valence-corrected chi connectivity index (χ1v) is 10.6. The molecule has 0 saturated carbocycles. The molecule has 1 aliphatic rings. The molecule has 1 aromatic rings. The lowest BCUT2D eigenvalue weighted by molar-refractivity contribution is -0.133. The molecule has 158 valence electrons. The van der Waals surface area contributed by atoms with E-state index in [1.807, 2.05) is 0 Å². The zero-order valence-corrected chi connectivity index (χ0v) is 17.3. The van der Waals surface area contributed by atoms with Crippen LogP contribution >= 0.6 is 0 Å². The average Bonchev–Trinajstić information content (AvgIpc) is 2.72. The third-order valence-electron chi connectivity index (χ3n) is 4.42. The molecule has 2 rings (SSSR count). The zero-order chi connectivity index (χ0) is 21.4. The Morgan fingerprint density at radius 3 is 2.41 bits per heavy atom. The molecule has 29 heavy (non-hydrogen) atoms. The van der Waals surface area contributed by atoms with E-state index in [1.165, 1.54) is 21.3 Å². The van der Waals surface area contributed by atoms with Gasteiger partial charge in [-0.2, -0.15) is 4.31 Å². The Morgan fingerprint density at radius 1 is 1.21 bits per heavy atom. The number of sulfonamides is 1. The fraction of sp³-hybridized carbons (Fsp3) is 0.400. The summed E-state index contributed by atoms with van der Waals surface area (Å²) in [6, 6.07) is 4.30. The van der Waals surface area contributed by atoms with Crippen molar-refractivity contribution in [3.63, 3.8) is 0 Å². The molecule has 1 aliphatic heterocycles. The van der Waals surface area contributed by atoms with Crippen molar-refractivity contribution in [2.75, 3.05) is 46.0 Å². The Morgan fingerprint density at radius 2 is 1.83 bits per heavy atom. The zero-order valence-electron chi connectivity index (χ0n) is 16.5. The van der Waals surface area contributed by atoms with E-state index < -0.39 is 28.5 Å². The highest BCUT2D eigenvalue weighted by molar-refractivity contribution is 7.89. The maximum absolute atomic E-state index is 12.8. The second-order valence-electron chi connectivity index (χ2n) is 6.45. The first-order chi connectivity index (χ1) is 13.8. The van der Waals surface area contributed by atoms with Crippen LogP contribution in [0.15, 0.2) is 48.4 Å². The largest absolute Gasteiger partial charge is 0.452 e.